The number of carbonyl (C=O) groups is 1. The topological polar surface area (TPSA) is 53.8 Å². The van der Waals surface area contributed by atoms with E-state index in [-0.39, 0.29) is 5.91 Å². The molecule has 2 aromatic rings. The van der Waals surface area contributed by atoms with Gasteiger partial charge in [-0.3, -0.25) is 4.79 Å². The van der Waals surface area contributed by atoms with Crippen LogP contribution in [0.15, 0.2) is 58.7 Å². The van der Waals surface area contributed by atoms with Gasteiger partial charge in [-0.15, -0.1) is 5.10 Å². The normalized spacial score (nSPS) is 16.4. The lowest BCUT2D eigenvalue weighted by molar-refractivity contribution is -0.116. The Bertz CT molecular complexity index is 773. The number of rotatable bonds is 3. The number of carbonyl (C=O) groups excluding carboxylic acids is 1. The molecule has 22 heavy (non-hydrogen) atoms. The quantitative estimate of drug-likeness (QED) is 0.691. The summed E-state index contributed by atoms with van der Waals surface area (Å²) >= 11 is 7.37. The van der Waals surface area contributed by atoms with Gasteiger partial charge in [0.1, 0.15) is 0 Å². The zero-order valence-electron chi connectivity index (χ0n) is 11.5. The minimum absolute atomic E-state index is 0.0399. The molecule has 4 nitrogen and oxygen atoms in total. The van der Waals surface area contributed by atoms with Gasteiger partial charge in [-0.1, -0.05) is 53.7 Å². The summed E-state index contributed by atoms with van der Waals surface area (Å²) in [7, 11) is 0. The van der Waals surface area contributed by atoms with Gasteiger partial charge in [0.05, 0.1) is 12.0 Å². The van der Waals surface area contributed by atoms with E-state index in [2.05, 4.69) is 15.5 Å². The first-order valence-electron chi connectivity index (χ1n) is 6.60. The van der Waals surface area contributed by atoms with Gasteiger partial charge in [-0.25, -0.2) is 0 Å². The third-order valence-electron chi connectivity index (χ3n) is 2.99. The van der Waals surface area contributed by atoms with Crippen LogP contribution in [-0.4, -0.2) is 23.0 Å². The molecule has 1 fully saturated rings. The van der Waals surface area contributed by atoms with Gasteiger partial charge in [0.15, 0.2) is 5.17 Å². The summed E-state index contributed by atoms with van der Waals surface area (Å²) in [6, 6.07) is 15.6. The van der Waals surface area contributed by atoms with Crippen molar-refractivity contribution in [2.24, 2.45) is 10.2 Å². The second kappa shape index (κ2) is 6.77. The highest BCUT2D eigenvalue weighted by Gasteiger charge is 2.15. The van der Waals surface area contributed by atoms with E-state index in [9.17, 15) is 4.79 Å². The number of benzene rings is 2. The van der Waals surface area contributed by atoms with Crippen LogP contribution in [0.3, 0.4) is 0 Å². The van der Waals surface area contributed by atoms with Gasteiger partial charge >= 0.3 is 0 Å². The molecule has 2 aromatic carbocycles. The maximum absolute atomic E-state index is 11.0. The van der Waals surface area contributed by atoms with Crippen molar-refractivity contribution in [3.05, 3.63) is 59.1 Å². The van der Waals surface area contributed by atoms with Gasteiger partial charge in [0.25, 0.3) is 0 Å². The second-order valence-electron chi connectivity index (χ2n) is 4.62. The SMILES string of the molecule is O=C1CSC(=NN=Cc2cccc(-c3cccc(Cl)c3)c2)N1. The Kier molecular flexibility index (Phi) is 4.56. The monoisotopic (exact) mass is 329 g/mol. The molecule has 110 valence electrons. The van der Waals surface area contributed by atoms with Crippen molar-refractivity contribution in [3.63, 3.8) is 0 Å². The molecular weight excluding hydrogens is 318 g/mol. The molecule has 3 rings (SSSR count). The Labute approximate surface area is 137 Å². The average Bonchev–Trinajstić information content (AvgIpc) is 2.93. The van der Waals surface area contributed by atoms with Crippen molar-refractivity contribution in [1.29, 1.82) is 0 Å². The molecule has 0 aliphatic carbocycles. The average molecular weight is 330 g/mol. The highest BCUT2D eigenvalue weighted by atomic mass is 35.5. The van der Waals surface area contributed by atoms with E-state index in [0.717, 1.165) is 16.7 Å². The zero-order chi connectivity index (χ0) is 15.4. The molecule has 6 heteroatoms. The van der Waals surface area contributed by atoms with Crippen molar-refractivity contribution >= 4 is 40.7 Å². The molecular formula is C16H12ClN3OS. The molecule has 1 aliphatic heterocycles. The number of hydrogen-bond donors (Lipinski definition) is 1. The molecule has 0 atom stereocenters. The van der Waals surface area contributed by atoms with Crippen molar-refractivity contribution in [1.82, 2.24) is 5.32 Å². The number of halogens is 1. The molecule has 0 spiro atoms. The summed E-state index contributed by atoms with van der Waals surface area (Å²) < 4.78 is 0. The van der Waals surface area contributed by atoms with Gasteiger partial charge in [-0.2, -0.15) is 5.10 Å². The summed E-state index contributed by atoms with van der Waals surface area (Å²) in [5.41, 5.74) is 3.03. The molecule has 1 amide bonds. The van der Waals surface area contributed by atoms with Gasteiger partial charge < -0.3 is 5.32 Å². The Morgan fingerprint density at radius 3 is 2.64 bits per heavy atom. The van der Waals surface area contributed by atoms with Crippen LogP contribution in [-0.2, 0) is 4.79 Å². The number of nitrogens with zero attached hydrogens (tertiary/aromatic N) is 2. The first-order valence-corrected chi connectivity index (χ1v) is 7.97. The van der Waals surface area contributed by atoms with E-state index in [1.807, 2.05) is 48.5 Å². The predicted molar refractivity (Wildman–Crippen MR) is 92.5 cm³/mol. The number of amides is 1. The fourth-order valence-corrected chi connectivity index (χ4v) is 2.81. The third-order valence-corrected chi connectivity index (χ3v) is 4.09. The third kappa shape index (κ3) is 3.75. The number of amidine groups is 1. The van der Waals surface area contributed by atoms with Gasteiger partial charge in [0, 0.05) is 5.02 Å². The first kappa shape index (κ1) is 14.8. The van der Waals surface area contributed by atoms with Crippen molar-refractivity contribution < 1.29 is 4.79 Å². The number of thioether (sulfide) groups is 1. The zero-order valence-corrected chi connectivity index (χ0v) is 13.1. The predicted octanol–water partition coefficient (Wildman–Crippen LogP) is 3.56. The lowest BCUT2D eigenvalue weighted by Gasteiger charge is -2.03. The van der Waals surface area contributed by atoms with Crippen LogP contribution in [0.4, 0.5) is 0 Å². The molecule has 1 aliphatic rings. The highest BCUT2D eigenvalue weighted by molar-refractivity contribution is 8.15. The number of nitrogens with one attached hydrogen (secondary N) is 1. The number of hydrogen-bond acceptors (Lipinski definition) is 4. The Balaban J connectivity index is 1.78. The van der Waals surface area contributed by atoms with E-state index in [4.69, 9.17) is 11.6 Å². The van der Waals surface area contributed by atoms with Crippen LogP contribution in [0.25, 0.3) is 11.1 Å². The van der Waals surface area contributed by atoms with Crippen molar-refractivity contribution in [2.75, 3.05) is 5.75 Å². The lowest BCUT2D eigenvalue weighted by Crippen LogP contribution is -2.19. The Morgan fingerprint density at radius 1 is 1.14 bits per heavy atom. The first-order chi connectivity index (χ1) is 10.7. The van der Waals surface area contributed by atoms with E-state index in [1.165, 1.54) is 11.8 Å². The van der Waals surface area contributed by atoms with Crippen LogP contribution in [0.2, 0.25) is 5.02 Å². The van der Waals surface area contributed by atoms with E-state index < -0.39 is 0 Å². The summed E-state index contributed by atoms with van der Waals surface area (Å²) in [6.07, 6.45) is 1.66. The second-order valence-corrected chi connectivity index (χ2v) is 6.02. The standard InChI is InChI=1S/C16H12ClN3OS/c17-14-6-2-5-13(8-14)12-4-1-3-11(7-12)9-18-20-16-19-15(21)10-22-16/h1-9H,10H2,(H,19,20,21). The molecule has 0 aromatic heterocycles. The van der Waals surface area contributed by atoms with Crippen LogP contribution >= 0.6 is 23.4 Å². The highest BCUT2D eigenvalue weighted by Crippen LogP contribution is 2.23. The van der Waals surface area contributed by atoms with Crippen LogP contribution in [0.1, 0.15) is 5.56 Å². The van der Waals surface area contributed by atoms with Crippen molar-refractivity contribution in [2.45, 2.75) is 0 Å². The Hall–Kier alpha value is -2.11. The fourth-order valence-electron chi connectivity index (χ4n) is 1.99. The van der Waals surface area contributed by atoms with Crippen LogP contribution in [0.5, 0.6) is 0 Å². The summed E-state index contributed by atoms with van der Waals surface area (Å²) in [6.45, 7) is 0. The molecule has 1 N–H and O–H groups in total. The molecule has 0 radical (unpaired) electrons. The maximum atomic E-state index is 11.0. The molecule has 1 heterocycles. The van der Waals surface area contributed by atoms with E-state index in [0.29, 0.717) is 15.9 Å². The minimum Gasteiger partial charge on any atom is -0.303 e. The van der Waals surface area contributed by atoms with Gasteiger partial charge in [0.2, 0.25) is 5.91 Å². The van der Waals surface area contributed by atoms with Crippen LogP contribution in [0, 0.1) is 0 Å². The molecule has 1 saturated heterocycles. The van der Waals surface area contributed by atoms with Crippen molar-refractivity contribution in [3.8, 4) is 11.1 Å². The molecule has 0 unspecified atom stereocenters. The van der Waals surface area contributed by atoms with E-state index in [1.54, 1.807) is 6.21 Å². The largest absolute Gasteiger partial charge is 0.303 e. The lowest BCUT2D eigenvalue weighted by atomic mass is 10.0. The van der Waals surface area contributed by atoms with Gasteiger partial charge in [-0.05, 0) is 34.9 Å². The van der Waals surface area contributed by atoms with Crippen LogP contribution < -0.4 is 5.32 Å². The maximum Gasteiger partial charge on any atom is 0.236 e. The Morgan fingerprint density at radius 2 is 1.91 bits per heavy atom. The molecule has 0 saturated carbocycles. The summed E-state index contributed by atoms with van der Waals surface area (Å²) in [5.74, 6) is 0.361. The van der Waals surface area contributed by atoms with E-state index >= 15 is 0 Å². The smallest absolute Gasteiger partial charge is 0.236 e. The summed E-state index contributed by atoms with van der Waals surface area (Å²) in [5, 5.41) is 11.9. The minimum atomic E-state index is -0.0399. The fraction of sp³-hybridized carbons (Fsp3) is 0.0625. The molecule has 0 bridgehead atoms. The summed E-state index contributed by atoms with van der Waals surface area (Å²) in [4.78, 5) is 11.0.